The van der Waals surface area contributed by atoms with E-state index in [0.29, 0.717) is 39.6 Å². The standard InChI is InChI=1S/C77H106N18O19S2/c1-41(80)64(100)83-42(2)65(101)92-59-39-115-116-40-60(77(113)114)93-73(109)58(38-96)91-76(112)63(44(4)98)95-72(108)55(34-47-24-12-7-13-25-47)90-75(111)62(43(3)97)94-67(103)52(29-17-19-31-79)84-70(106)56(35-48-37-82-50-27-15-14-26-49(48)50)88-69(105)54(33-46-22-10-6-11-23-46)86-68(104)53(32-45-20-8-5-9-21-45)87-71(107)57(36-61(81)99)89-66(102)51(85-74(59)110)28-16-18-30-78/h5-15,20-27,37,41-44,51-60,62-63,82,96-98H,16-19,28-36,38-40,78-80H2,1-4H3,(H2,81,99)(H,83,100)(H,84,106)(H,85,110)(H,86,104)(H,87,107)(H,88,105)(H,89,102)(H,90,111)(H,91,112)(H,92,101)(H,93,109)(H,94,103)(H,95,108)(H,113,114)/t41-,42-,43+,44+,51-,52-,53-,54-,55-,56-,57-,58-,59-,60-,62-,63-/m0/s1. The van der Waals surface area contributed by atoms with Gasteiger partial charge in [0.2, 0.25) is 82.7 Å². The molecule has 0 aliphatic carbocycles. The van der Waals surface area contributed by atoms with Gasteiger partial charge in [-0.2, -0.15) is 0 Å². The molecular weight excluding hydrogens is 1550 g/mol. The van der Waals surface area contributed by atoms with Crippen molar-refractivity contribution in [3.63, 3.8) is 0 Å². The minimum Gasteiger partial charge on any atom is -0.480 e. The number of unbranched alkanes of at least 4 members (excludes halogenated alkanes) is 2. The number of aliphatic hydroxyl groups is 3. The van der Waals surface area contributed by atoms with Gasteiger partial charge in [-0.15, -0.1) is 0 Å². The van der Waals surface area contributed by atoms with E-state index in [1.807, 2.05) is 0 Å². The Bertz CT molecular complexity index is 4170. The molecule has 14 amide bonds. The average molecular weight is 1650 g/mol. The van der Waals surface area contributed by atoms with E-state index in [1.165, 1.54) is 13.8 Å². The van der Waals surface area contributed by atoms with Crippen LogP contribution in [-0.4, -0.2) is 242 Å². The molecule has 1 saturated heterocycles. The lowest BCUT2D eigenvalue weighted by molar-refractivity contribution is -0.142. The molecule has 37 nitrogen and oxygen atoms in total. The van der Waals surface area contributed by atoms with Crippen LogP contribution in [0.5, 0.6) is 0 Å². The van der Waals surface area contributed by atoms with Gasteiger partial charge in [-0.1, -0.05) is 131 Å². The molecule has 0 saturated carbocycles. The second-order valence-corrected chi connectivity index (χ2v) is 30.6. The molecule has 1 aliphatic rings. The van der Waals surface area contributed by atoms with Crippen LogP contribution in [0.15, 0.2) is 121 Å². The highest BCUT2D eigenvalue weighted by Gasteiger charge is 2.40. The molecule has 6 rings (SSSR count). The first-order chi connectivity index (χ1) is 55.3. The van der Waals surface area contributed by atoms with E-state index in [0.717, 1.165) is 35.4 Å². The van der Waals surface area contributed by atoms with E-state index in [9.17, 15) is 78.0 Å². The smallest absolute Gasteiger partial charge is 0.327 e. The highest BCUT2D eigenvalue weighted by Crippen LogP contribution is 2.25. The number of carbonyl (C=O) groups excluding carboxylic acids is 14. The number of aliphatic hydroxyl groups excluding tert-OH is 3. The number of rotatable bonds is 26. The maximum atomic E-state index is 15.4. The molecule has 1 aromatic heterocycles. The second kappa shape index (κ2) is 47.7. The van der Waals surface area contributed by atoms with Crippen molar-refractivity contribution < 1.29 is 92.3 Å². The van der Waals surface area contributed by atoms with E-state index in [-0.39, 0.29) is 70.9 Å². The molecule has 0 spiro atoms. The van der Waals surface area contributed by atoms with E-state index in [2.05, 4.69) is 74.1 Å². The Morgan fingerprint density at radius 1 is 0.457 bits per heavy atom. The number of nitrogens with one attached hydrogen (secondary N) is 14. The Hall–Kier alpha value is -11.1. The number of hydrogen-bond acceptors (Lipinski definition) is 23. The van der Waals surface area contributed by atoms with Gasteiger partial charge in [0, 0.05) is 54.3 Å². The van der Waals surface area contributed by atoms with Crippen LogP contribution in [-0.2, 0) is 97.6 Å². The number of benzene rings is 4. The molecule has 116 heavy (non-hydrogen) atoms. The quantitative estimate of drug-likeness (QED) is 0.0183. The zero-order chi connectivity index (χ0) is 85.1. The number of para-hydroxylation sites is 1. The molecule has 26 N–H and O–H groups in total. The molecule has 5 aromatic rings. The van der Waals surface area contributed by atoms with Gasteiger partial charge in [-0.05, 0) is 108 Å². The Morgan fingerprint density at radius 3 is 1.28 bits per heavy atom. The number of aromatic amines is 1. The van der Waals surface area contributed by atoms with Crippen LogP contribution < -0.4 is 92.1 Å². The van der Waals surface area contributed by atoms with Crippen LogP contribution in [0.4, 0.5) is 0 Å². The van der Waals surface area contributed by atoms with Gasteiger partial charge < -0.3 is 117 Å². The molecule has 0 radical (unpaired) electrons. The highest BCUT2D eigenvalue weighted by molar-refractivity contribution is 8.76. The lowest BCUT2D eigenvalue weighted by Crippen LogP contribution is -2.63. The number of aromatic nitrogens is 1. The normalized spacial score (nSPS) is 23.9. The molecule has 16 atom stereocenters. The van der Waals surface area contributed by atoms with Gasteiger partial charge >= 0.3 is 5.97 Å². The largest absolute Gasteiger partial charge is 0.480 e. The Kier molecular flexibility index (Phi) is 38.6. The number of H-pyrrole nitrogens is 1. The number of carboxylic acids is 1. The summed E-state index contributed by atoms with van der Waals surface area (Å²) < 4.78 is 0. The zero-order valence-corrected chi connectivity index (χ0v) is 66.3. The van der Waals surface area contributed by atoms with Crippen LogP contribution in [0.2, 0.25) is 0 Å². The van der Waals surface area contributed by atoms with Crippen molar-refractivity contribution in [1.29, 1.82) is 0 Å². The summed E-state index contributed by atoms with van der Waals surface area (Å²) in [4.78, 5) is 218. The fourth-order valence-corrected chi connectivity index (χ4v) is 14.4. The van der Waals surface area contributed by atoms with E-state index in [4.69, 9.17) is 22.9 Å². The number of carbonyl (C=O) groups is 15. The maximum absolute atomic E-state index is 15.4. The summed E-state index contributed by atoms with van der Waals surface area (Å²) in [5.74, 6) is -17.7. The summed E-state index contributed by atoms with van der Waals surface area (Å²) in [5, 5.41) is 76.3. The monoisotopic (exact) mass is 1650 g/mol. The lowest BCUT2D eigenvalue weighted by Gasteiger charge is -2.29. The summed E-state index contributed by atoms with van der Waals surface area (Å²) in [6.45, 7) is 3.88. The van der Waals surface area contributed by atoms with Crippen LogP contribution in [0, 0.1) is 0 Å². The minimum atomic E-state index is -1.99. The topological polar surface area (TPSA) is 613 Å². The fraction of sp³-hybridized carbons (Fsp3) is 0.468. The summed E-state index contributed by atoms with van der Waals surface area (Å²) in [6, 6.07) is 8.17. The molecule has 0 unspecified atom stereocenters. The van der Waals surface area contributed by atoms with Crippen molar-refractivity contribution in [2.24, 2.45) is 22.9 Å². The molecule has 1 aliphatic heterocycles. The summed E-state index contributed by atoms with van der Waals surface area (Å²) in [7, 11) is 1.49. The van der Waals surface area contributed by atoms with Crippen molar-refractivity contribution in [3.05, 3.63) is 144 Å². The first kappa shape index (κ1) is 93.8. The van der Waals surface area contributed by atoms with Gasteiger partial charge in [0.25, 0.3) is 0 Å². The third-order valence-electron chi connectivity index (χ3n) is 18.6. The van der Waals surface area contributed by atoms with Gasteiger partial charge in [0.1, 0.15) is 78.5 Å². The first-order valence-electron chi connectivity index (χ1n) is 37.8. The van der Waals surface area contributed by atoms with Crippen molar-refractivity contribution in [3.8, 4) is 0 Å². The Balaban J connectivity index is 1.48. The van der Waals surface area contributed by atoms with E-state index >= 15 is 14.4 Å². The molecule has 1 fully saturated rings. The van der Waals surface area contributed by atoms with Crippen molar-refractivity contribution in [1.82, 2.24) is 74.1 Å². The van der Waals surface area contributed by atoms with Crippen LogP contribution in [0.3, 0.4) is 0 Å². The van der Waals surface area contributed by atoms with Crippen LogP contribution in [0.25, 0.3) is 10.9 Å². The lowest BCUT2D eigenvalue weighted by atomic mass is 10.00. The maximum Gasteiger partial charge on any atom is 0.327 e. The van der Waals surface area contributed by atoms with E-state index < -0.39 is 210 Å². The predicted octanol–water partition coefficient (Wildman–Crippen LogP) is -4.53. The third kappa shape index (κ3) is 30.3. The highest BCUT2D eigenvalue weighted by atomic mass is 33.1. The number of primary amides is 1. The Labute approximate surface area is 677 Å². The van der Waals surface area contributed by atoms with Crippen molar-refractivity contribution >= 4 is 121 Å². The second-order valence-electron chi connectivity index (χ2n) is 28.0. The average Bonchev–Trinajstić information content (AvgIpc) is 1.63. The van der Waals surface area contributed by atoms with Crippen molar-refractivity contribution in [2.75, 3.05) is 31.2 Å². The molecule has 0 bridgehead atoms. The molecule has 39 heteroatoms. The van der Waals surface area contributed by atoms with Gasteiger partial charge in [-0.25, -0.2) is 4.79 Å². The molecular formula is C77H106N18O19S2. The van der Waals surface area contributed by atoms with Crippen LogP contribution >= 0.6 is 21.6 Å². The van der Waals surface area contributed by atoms with E-state index in [1.54, 1.807) is 121 Å². The van der Waals surface area contributed by atoms with Crippen molar-refractivity contribution in [2.45, 2.75) is 195 Å². The molecule has 4 aromatic carbocycles. The summed E-state index contributed by atoms with van der Waals surface area (Å²) in [6.07, 6.45) is -3.49. The number of nitrogens with two attached hydrogens (primary N) is 4. The number of amides is 14. The van der Waals surface area contributed by atoms with Gasteiger partial charge in [-0.3, -0.25) is 67.1 Å². The zero-order valence-electron chi connectivity index (χ0n) is 64.6. The first-order valence-corrected chi connectivity index (χ1v) is 40.3. The minimum absolute atomic E-state index is 0.102. The number of carboxylic acid groups (broad SMARTS) is 1. The fourth-order valence-electron chi connectivity index (χ4n) is 12.1. The third-order valence-corrected chi connectivity index (χ3v) is 21.0. The molecule has 630 valence electrons. The SMILES string of the molecule is C[C@H](N)C(=O)N[C@@H](C)C(=O)N[C@H]1CSSC[C@@H](C(=O)O)NC(=O)[C@H](CO)NC(=O)[C@H]([C@@H](C)O)NC(=O)[C@H](Cc2ccccc2)NC(=O)[C@H]([C@@H](C)O)NC(=O)[C@H](CCCCN)NC(=O)[C@H](Cc2c[nH]c3ccccc23)NC(=O)[C@H](Cc2ccccc2)NC(=O)[C@H](Cc2ccccc2)NC(=O)[C@H](CC(N)=O)NC(=O)[C@H](CCCCN)NC1=O. The number of aliphatic carboxylic acids is 1. The summed E-state index contributed by atoms with van der Waals surface area (Å²) in [5.41, 5.74) is 25.7. The number of hydrogen-bond donors (Lipinski definition) is 22. The Morgan fingerprint density at radius 2 is 0.836 bits per heavy atom. The predicted molar refractivity (Wildman–Crippen MR) is 429 cm³/mol. The van der Waals surface area contributed by atoms with Gasteiger partial charge in [0.15, 0.2) is 0 Å². The number of fused-ring (bicyclic) bond motifs is 1. The summed E-state index contributed by atoms with van der Waals surface area (Å²) >= 11 is 0. The molecule has 2 heterocycles. The van der Waals surface area contributed by atoms with Gasteiger partial charge in [0.05, 0.1) is 31.3 Å². The van der Waals surface area contributed by atoms with Crippen LogP contribution in [0.1, 0.15) is 94.9 Å².